The van der Waals surface area contributed by atoms with Crippen LogP contribution in [0.4, 0.5) is 0 Å². The van der Waals surface area contributed by atoms with Crippen LogP contribution in [0.3, 0.4) is 0 Å². The molecular weight excluding hydrogens is 252 g/mol. The third-order valence-corrected chi connectivity index (χ3v) is 3.77. The van der Waals surface area contributed by atoms with E-state index in [9.17, 15) is 9.59 Å². The Kier molecular flexibility index (Phi) is 4.42. The van der Waals surface area contributed by atoms with Crippen molar-refractivity contribution in [3.63, 3.8) is 0 Å². The molecule has 2 rings (SSSR count). The van der Waals surface area contributed by atoms with Gasteiger partial charge in [-0.15, -0.1) is 0 Å². The average molecular weight is 274 g/mol. The fourth-order valence-corrected chi connectivity index (χ4v) is 2.64. The van der Waals surface area contributed by atoms with Crippen molar-refractivity contribution >= 4 is 11.8 Å². The van der Waals surface area contributed by atoms with Crippen molar-refractivity contribution in [3.8, 4) is 0 Å². The zero-order valence-corrected chi connectivity index (χ0v) is 12.4. The lowest BCUT2D eigenvalue weighted by Gasteiger charge is -2.23. The summed E-state index contributed by atoms with van der Waals surface area (Å²) in [5.74, 6) is -0.0459. The number of nitrogens with zero attached hydrogens (tertiary/aromatic N) is 2. The first kappa shape index (κ1) is 14.6. The second kappa shape index (κ2) is 6.07. The summed E-state index contributed by atoms with van der Waals surface area (Å²) in [6.45, 7) is 5.11. The van der Waals surface area contributed by atoms with E-state index in [-0.39, 0.29) is 23.8 Å². The van der Waals surface area contributed by atoms with Crippen molar-refractivity contribution in [1.29, 1.82) is 0 Å². The Bertz CT molecular complexity index is 485. The van der Waals surface area contributed by atoms with E-state index in [1.54, 1.807) is 16.8 Å². The Morgan fingerprint density at radius 1 is 1.35 bits per heavy atom. The maximum Gasteiger partial charge on any atom is 0.228 e. The lowest BCUT2D eigenvalue weighted by Crippen LogP contribution is -2.36. The lowest BCUT2D eigenvalue weighted by molar-refractivity contribution is -0.135. The molecule has 2 amide bonds. The molecule has 1 unspecified atom stereocenters. The summed E-state index contributed by atoms with van der Waals surface area (Å²) in [5.41, 5.74) is 1.10. The van der Waals surface area contributed by atoms with E-state index in [0.29, 0.717) is 19.5 Å². The average Bonchev–Trinajstić information content (AvgIpc) is 2.81. The number of hydrogen-bond acceptors (Lipinski definition) is 2. The van der Waals surface area contributed by atoms with Gasteiger partial charge in [0, 0.05) is 32.6 Å². The normalized spacial score (nSPS) is 18.7. The third kappa shape index (κ3) is 3.18. The first-order chi connectivity index (χ1) is 9.49. The highest BCUT2D eigenvalue weighted by Crippen LogP contribution is 2.22. The largest absolute Gasteiger partial charge is 0.341 e. The maximum absolute atomic E-state index is 12.4. The molecule has 1 saturated heterocycles. The quantitative estimate of drug-likeness (QED) is 0.841. The van der Waals surface area contributed by atoms with Gasteiger partial charge in [-0.05, 0) is 19.4 Å². The summed E-state index contributed by atoms with van der Waals surface area (Å²) in [6, 6.07) is 10.1. The standard InChI is InChI=1S/C16H22N2O2/c1-12(2)18-11-14(9-15(18)19)16(20)17(3)10-13-7-5-4-6-8-13/h4-8,12,14H,9-11H2,1-3H3. The molecule has 1 aliphatic heterocycles. The molecule has 0 radical (unpaired) electrons. The number of benzene rings is 1. The van der Waals surface area contributed by atoms with Crippen LogP contribution < -0.4 is 0 Å². The van der Waals surface area contributed by atoms with Crippen molar-refractivity contribution in [2.75, 3.05) is 13.6 Å². The molecule has 0 aromatic heterocycles. The Labute approximate surface area is 120 Å². The van der Waals surface area contributed by atoms with Crippen molar-refractivity contribution in [3.05, 3.63) is 35.9 Å². The number of carbonyl (C=O) groups is 2. The molecule has 20 heavy (non-hydrogen) atoms. The molecule has 1 aromatic rings. The molecule has 1 atom stereocenters. The summed E-state index contributed by atoms with van der Waals surface area (Å²) in [7, 11) is 1.80. The van der Waals surface area contributed by atoms with E-state index in [1.807, 2.05) is 44.2 Å². The van der Waals surface area contributed by atoms with E-state index in [2.05, 4.69) is 0 Å². The fraction of sp³-hybridized carbons (Fsp3) is 0.500. The lowest BCUT2D eigenvalue weighted by atomic mass is 10.1. The Hall–Kier alpha value is -1.84. The minimum Gasteiger partial charge on any atom is -0.341 e. The van der Waals surface area contributed by atoms with Crippen LogP contribution in [-0.4, -0.2) is 41.2 Å². The van der Waals surface area contributed by atoms with Gasteiger partial charge in [0.2, 0.25) is 11.8 Å². The highest BCUT2D eigenvalue weighted by molar-refractivity contribution is 5.89. The van der Waals surface area contributed by atoms with Gasteiger partial charge in [0.15, 0.2) is 0 Å². The van der Waals surface area contributed by atoms with Gasteiger partial charge in [0.05, 0.1) is 5.92 Å². The summed E-state index contributed by atoms with van der Waals surface area (Å²) in [6.07, 6.45) is 0.343. The van der Waals surface area contributed by atoms with Crippen molar-refractivity contribution in [1.82, 2.24) is 9.80 Å². The van der Waals surface area contributed by atoms with Crippen LogP contribution in [0.25, 0.3) is 0 Å². The van der Waals surface area contributed by atoms with Gasteiger partial charge in [-0.2, -0.15) is 0 Å². The Morgan fingerprint density at radius 3 is 2.55 bits per heavy atom. The molecule has 0 bridgehead atoms. The van der Waals surface area contributed by atoms with Crippen LogP contribution >= 0.6 is 0 Å². The first-order valence-corrected chi connectivity index (χ1v) is 7.07. The summed E-state index contributed by atoms with van der Waals surface area (Å²) < 4.78 is 0. The molecule has 1 aliphatic rings. The van der Waals surface area contributed by atoms with Crippen LogP contribution in [0.5, 0.6) is 0 Å². The molecule has 1 aromatic carbocycles. The molecule has 4 nitrogen and oxygen atoms in total. The van der Waals surface area contributed by atoms with E-state index in [0.717, 1.165) is 5.56 Å². The smallest absolute Gasteiger partial charge is 0.228 e. The highest BCUT2D eigenvalue weighted by atomic mass is 16.2. The molecule has 0 N–H and O–H groups in total. The van der Waals surface area contributed by atoms with Crippen molar-refractivity contribution in [2.45, 2.75) is 32.9 Å². The van der Waals surface area contributed by atoms with Gasteiger partial charge in [-0.3, -0.25) is 9.59 Å². The van der Waals surface area contributed by atoms with E-state index in [4.69, 9.17) is 0 Å². The van der Waals surface area contributed by atoms with E-state index < -0.39 is 0 Å². The van der Waals surface area contributed by atoms with Gasteiger partial charge < -0.3 is 9.80 Å². The van der Waals surface area contributed by atoms with Crippen LogP contribution in [-0.2, 0) is 16.1 Å². The molecule has 1 fully saturated rings. The highest BCUT2D eigenvalue weighted by Gasteiger charge is 2.36. The molecule has 108 valence electrons. The van der Waals surface area contributed by atoms with Crippen LogP contribution in [0.15, 0.2) is 30.3 Å². The third-order valence-electron chi connectivity index (χ3n) is 3.77. The zero-order chi connectivity index (χ0) is 14.7. The molecule has 4 heteroatoms. The maximum atomic E-state index is 12.4. The monoisotopic (exact) mass is 274 g/mol. The number of likely N-dealkylation sites (tertiary alicyclic amines) is 1. The van der Waals surface area contributed by atoms with Gasteiger partial charge in [0.25, 0.3) is 0 Å². The van der Waals surface area contributed by atoms with Crippen LogP contribution in [0.1, 0.15) is 25.8 Å². The van der Waals surface area contributed by atoms with Crippen LogP contribution in [0.2, 0.25) is 0 Å². The first-order valence-electron chi connectivity index (χ1n) is 7.07. The number of carbonyl (C=O) groups excluding carboxylic acids is 2. The fourth-order valence-electron chi connectivity index (χ4n) is 2.64. The minimum absolute atomic E-state index is 0.0605. The van der Waals surface area contributed by atoms with Crippen molar-refractivity contribution in [2.24, 2.45) is 5.92 Å². The van der Waals surface area contributed by atoms with Gasteiger partial charge >= 0.3 is 0 Å². The Morgan fingerprint density at radius 2 is 2.00 bits per heavy atom. The van der Waals surface area contributed by atoms with Gasteiger partial charge in [-0.1, -0.05) is 30.3 Å². The molecule has 1 heterocycles. The Balaban J connectivity index is 1.96. The summed E-state index contributed by atoms with van der Waals surface area (Å²) >= 11 is 0. The zero-order valence-electron chi connectivity index (χ0n) is 12.4. The summed E-state index contributed by atoms with van der Waals surface area (Å²) in [5, 5.41) is 0. The molecule has 0 spiro atoms. The summed E-state index contributed by atoms with van der Waals surface area (Å²) in [4.78, 5) is 27.8. The minimum atomic E-state index is -0.196. The molecule has 0 aliphatic carbocycles. The molecule has 0 saturated carbocycles. The topological polar surface area (TPSA) is 40.6 Å². The van der Waals surface area contributed by atoms with Gasteiger partial charge in [0.1, 0.15) is 0 Å². The van der Waals surface area contributed by atoms with Crippen LogP contribution in [0, 0.1) is 5.92 Å². The number of hydrogen-bond donors (Lipinski definition) is 0. The second-order valence-corrected chi connectivity index (χ2v) is 5.72. The SMILES string of the molecule is CC(C)N1CC(C(=O)N(C)Cc2ccccc2)CC1=O. The number of amides is 2. The number of rotatable bonds is 4. The predicted octanol–water partition coefficient (Wildman–Crippen LogP) is 1.90. The predicted molar refractivity (Wildman–Crippen MR) is 77.9 cm³/mol. The van der Waals surface area contributed by atoms with Gasteiger partial charge in [-0.25, -0.2) is 0 Å². The second-order valence-electron chi connectivity index (χ2n) is 5.72. The van der Waals surface area contributed by atoms with Crippen molar-refractivity contribution < 1.29 is 9.59 Å². The van der Waals surface area contributed by atoms with E-state index in [1.165, 1.54) is 0 Å². The molecular formula is C16H22N2O2. The van der Waals surface area contributed by atoms with E-state index >= 15 is 0 Å².